The molecule has 4 radical (unpaired) electrons. The Morgan fingerprint density at radius 3 is 1.00 bits per heavy atom. The van der Waals surface area contributed by atoms with Gasteiger partial charge < -0.3 is 9.41 Å². The molecule has 0 heterocycles. The smallest absolute Gasteiger partial charge is 1.00 e. The van der Waals surface area contributed by atoms with Crippen LogP contribution in [0.3, 0.4) is 0 Å². The van der Waals surface area contributed by atoms with Crippen LogP contribution < -0.4 is 9.41 Å². The largest absolute Gasteiger partial charge is 2.00 e. The second kappa shape index (κ2) is 320. The molecule has 0 aromatic carbocycles. The summed E-state index contributed by atoms with van der Waals surface area (Å²) in [4.78, 5) is 0. The molecule has 0 amide bonds. The standard InChI is InChI=1S/C2H2.2FH.Sn/c1-2;;;/h1H2;2*1H;/q;;;+2/p-2. The third-order valence-electron chi connectivity index (χ3n) is 0. The van der Waals surface area contributed by atoms with Gasteiger partial charge in [0.25, 0.3) is 0 Å². The van der Waals surface area contributed by atoms with Gasteiger partial charge in [-0.2, -0.15) is 0 Å². The molecule has 28 valence electrons. The van der Waals surface area contributed by atoms with Crippen molar-refractivity contribution in [2.75, 3.05) is 0 Å². The van der Waals surface area contributed by atoms with Crippen molar-refractivity contribution in [1.82, 2.24) is 0 Å². The Morgan fingerprint density at radius 2 is 1.00 bits per heavy atom. The topological polar surface area (TPSA) is 0 Å². The number of rotatable bonds is 0. The minimum absolute atomic E-state index is 0. The number of hydrogen-bond acceptors (Lipinski definition) is 0. The zero-order chi connectivity index (χ0) is 2.00. The summed E-state index contributed by atoms with van der Waals surface area (Å²) in [5.41, 5.74) is 0. The Bertz CT molecular complexity index is 7.61. The van der Waals surface area contributed by atoms with Crippen molar-refractivity contribution in [1.29, 1.82) is 0 Å². The molecule has 0 spiro atoms. The van der Waals surface area contributed by atoms with Gasteiger partial charge in [0.15, 0.2) is 0 Å². The first-order valence-corrected chi connectivity index (χ1v) is 0.354. The molecular formula is C2H2F2Sn. The van der Waals surface area contributed by atoms with Crippen LogP contribution >= 0.6 is 0 Å². The van der Waals surface area contributed by atoms with E-state index in [0.717, 1.165) is 0 Å². The van der Waals surface area contributed by atoms with Crippen LogP contribution in [0.1, 0.15) is 0 Å². The van der Waals surface area contributed by atoms with Gasteiger partial charge in [0, 0.05) is 0 Å². The van der Waals surface area contributed by atoms with Crippen LogP contribution in [0.5, 0.6) is 0 Å². The van der Waals surface area contributed by atoms with Crippen molar-refractivity contribution in [3.63, 3.8) is 0 Å². The first kappa shape index (κ1) is 53.4. The van der Waals surface area contributed by atoms with Crippen LogP contribution in [0.2, 0.25) is 0 Å². The summed E-state index contributed by atoms with van der Waals surface area (Å²) < 4.78 is 0. The molecule has 0 unspecified atom stereocenters. The Morgan fingerprint density at radius 1 is 1.00 bits per heavy atom. The van der Waals surface area contributed by atoms with Gasteiger partial charge in [0.1, 0.15) is 0 Å². The summed E-state index contributed by atoms with van der Waals surface area (Å²) in [5, 5.41) is 0. The molecule has 0 aliphatic carbocycles. The zero-order valence-corrected chi connectivity index (χ0v) is 5.32. The molecule has 0 bridgehead atoms. The van der Waals surface area contributed by atoms with E-state index in [1.54, 1.807) is 0 Å². The maximum absolute atomic E-state index is 5.50. The monoisotopic (exact) mass is 184 g/mol. The third-order valence-corrected chi connectivity index (χ3v) is 0. The van der Waals surface area contributed by atoms with E-state index >= 15 is 0 Å². The molecule has 0 rings (SSSR count). The molecular weight excluding hydrogens is 181 g/mol. The molecule has 0 fully saturated rings. The van der Waals surface area contributed by atoms with E-state index in [0.29, 0.717) is 0 Å². The summed E-state index contributed by atoms with van der Waals surface area (Å²) in [6, 6.07) is 0. The molecule has 0 N–H and O–H groups in total. The average Bonchev–Trinajstić information content (AvgIpc) is 1.00. The van der Waals surface area contributed by atoms with E-state index in [2.05, 4.69) is 6.58 Å². The minimum atomic E-state index is 0. The van der Waals surface area contributed by atoms with Gasteiger partial charge in [-0.15, -0.1) is 0 Å². The van der Waals surface area contributed by atoms with Gasteiger partial charge in [0.05, 0.1) is 0 Å². The second-order valence-electron chi connectivity index (χ2n) is 0. The summed E-state index contributed by atoms with van der Waals surface area (Å²) >= 11 is 0. The van der Waals surface area contributed by atoms with Crippen LogP contribution in [0.25, 0.3) is 0 Å². The van der Waals surface area contributed by atoms with Gasteiger partial charge in [-0.3, -0.25) is 0 Å². The fourth-order valence-corrected chi connectivity index (χ4v) is 0. The first-order valence-electron chi connectivity index (χ1n) is 0.354. The molecule has 0 aromatic rings. The summed E-state index contributed by atoms with van der Waals surface area (Å²) in [6.07, 6.45) is 0. The number of halogens is 2. The molecule has 0 saturated heterocycles. The third kappa shape index (κ3) is 159. The summed E-state index contributed by atoms with van der Waals surface area (Å²) in [6.45, 7) is 8.00. The van der Waals surface area contributed by atoms with Gasteiger partial charge in [-0.05, 0) is 6.58 Å². The summed E-state index contributed by atoms with van der Waals surface area (Å²) in [5.74, 6) is 0. The molecule has 0 aromatic heterocycles. The van der Waals surface area contributed by atoms with Crippen LogP contribution in [-0.4, -0.2) is 23.9 Å². The van der Waals surface area contributed by atoms with Gasteiger partial charge in [-0.1, -0.05) is 6.58 Å². The Kier molecular flexibility index (Phi) is 3410. The van der Waals surface area contributed by atoms with E-state index in [-0.39, 0.29) is 33.3 Å². The average molecular weight is 183 g/mol. The molecule has 5 heavy (non-hydrogen) atoms. The fraction of sp³-hybridized carbons (Fsp3) is 0. The predicted molar refractivity (Wildman–Crippen MR) is 14.6 cm³/mol. The second-order valence-corrected chi connectivity index (χ2v) is 0. The quantitative estimate of drug-likeness (QED) is 0.328. The number of hydrogen-bond donors (Lipinski definition) is 0. The van der Waals surface area contributed by atoms with Crippen LogP contribution in [-0.2, 0) is 0 Å². The van der Waals surface area contributed by atoms with Crippen LogP contribution in [0.4, 0.5) is 0 Å². The predicted octanol–water partition coefficient (Wildman–Crippen LogP) is -5.89. The first-order chi connectivity index (χ1) is 1.00. The van der Waals surface area contributed by atoms with Gasteiger partial charge in [0.2, 0.25) is 0 Å². The molecule has 0 saturated carbocycles. The maximum Gasteiger partial charge on any atom is 2.00 e. The van der Waals surface area contributed by atoms with E-state index in [1.165, 1.54) is 0 Å². The van der Waals surface area contributed by atoms with Crippen molar-refractivity contribution in [2.45, 2.75) is 0 Å². The maximum atomic E-state index is 5.50. The normalized spacial score (nSPS) is 0.800. The van der Waals surface area contributed by atoms with E-state index in [9.17, 15) is 0 Å². The fourth-order valence-electron chi connectivity index (χ4n) is 0. The van der Waals surface area contributed by atoms with Crippen molar-refractivity contribution in [3.05, 3.63) is 13.2 Å². The van der Waals surface area contributed by atoms with E-state index in [1.807, 2.05) is 0 Å². The van der Waals surface area contributed by atoms with Crippen molar-refractivity contribution < 1.29 is 9.41 Å². The SMILES string of the molecule is [C]=C.[F-].[F-].[Sn+2]. The molecule has 0 atom stereocenters. The Hall–Kier alpha value is 0.399. The Balaban J connectivity index is -0.00000000167. The van der Waals surface area contributed by atoms with Crippen molar-refractivity contribution >= 4 is 23.9 Å². The molecule has 3 heteroatoms. The van der Waals surface area contributed by atoms with Crippen LogP contribution in [0.15, 0.2) is 6.58 Å². The van der Waals surface area contributed by atoms with E-state index in [4.69, 9.17) is 6.58 Å². The summed E-state index contributed by atoms with van der Waals surface area (Å²) in [7, 11) is 0. The van der Waals surface area contributed by atoms with Gasteiger partial charge in [-0.25, -0.2) is 0 Å². The molecule has 0 aliphatic heterocycles. The molecule has 0 aliphatic rings. The molecule has 0 nitrogen and oxygen atoms in total. The van der Waals surface area contributed by atoms with Gasteiger partial charge >= 0.3 is 23.9 Å². The zero-order valence-electron chi connectivity index (χ0n) is 2.46. The van der Waals surface area contributed by atoms with Crippen molar-refractivity contribution in [3.8, 4) is 0 Å². The minimum Gasteiger partial charge on any atom is -1.00 e. The van der Waals surface area contributed by atoms with Crippen LogP contribution in [0, 0.1) is 6.58 Å². The van der Waals surface area contributed by atoms with Crippen molar-refractivity contribution in [2.24, 2.45) is 0 Å². The van der Waals surface area contributed by atoms with E-state index < -0.39 is 0 Å². The Labute approximate surface area is 47.0 Å².